The Hall–Kier alpha value is -1.98. The lowest BCUT2D eigenvalue weighted by Crippen LogP contribution is -2.30. The summed E-state index contributed by atoms with van der Waals surface area (Å²) < 4.78 is 10.5. The van der Waals surface area contributed by atoms with Crippen LogP contribution in [0.3, 0.4) is 0 Å². The van der Waals surface area contributed by atoms with Crippen molar-refractivity contribution < 1.29 is 13.9 Å². The molecule has 0 saturated carbocycles. The summed E-state index contributed by atoms with van der Waals surface area (Å²) in [4.78, 5) is 11.4. The number of ether oxygens (including phenoxy) is 1. The summed E-state index contributed by atoms with van der Waals surface area (Å²) in [6.45, 7) is 0.194. The maximum atomic E-state index is 11.4. The fraction of sp³-hybridized carbons (Fsp3) is 0.0833. The molecule has 6 heteroatoms. The van der Waals surface area contributed by atoms with Crippen molar-refractivity contribution in [1.29, 1.82) is 0 Å². The predicted octanol–water partition coefficient (Wildman–Crippen LogP) is 2.12. The van der Waals surface area contributed by atoms with Gasteiger partial charge in [0.1, 0.15) is 12.4 Å². The summed E-state index contributed by atoms with van der Waals surface area (Å²) in [5.41, 5.74) is 2.61. The zero-order valence-corrected chi connectivity index (χ0v) is 10.1. The van der Waals surface area contributed by atoms with E-state index in [1.165, 1.54) is 6.26 Å². The summed E-state index contributed by atoms with van der Waals surface area (Å²) in [6.07, 6.45) is 1.40. The first-order valence-electron chi connectivity index (χ1n) is 5.16. The van der Waals surface area contributed by atoms with Crippen molar-refractivity contribution in [2.45, 2.75) is 6.61 Å². The van der Waals surface area contributed by atoms with Gasteiger partial charge >= 0.3 is 5.91 Å². The molecule has 18 heavy (non-hydrogen) atoms. The SMILES string of the molecule is NNC(=O)c1occc1COc1cccc(Cl)c1. The fourth-order valence-corrected chi connectivity index (χ4v) is 1.61. The van der Waals surface area contributed by atoms with Crippen molar-refractivity contribution in [3.8, 4) is 5.75 Å². The molecular weight excluding hydrogens is 256 g/mol. The summed E-state index contributed by atoms with van der Waals surface area (Å²) >= 11 is 5.83. The monoisotopic (exact) mass is 266 g/mol. The molecule has 2 aromatic rings. The maximum Gasteiger partial charge on any atom is 0.301 e. The second-order valence-electron chi connectivity index (χ2n) is 3.49. The quantitative estimate of drug-likeness (QED) is 0.505. The van der Waals surface area contributed by atoms with Crippen molar-refractivity contribution in [1.82, 2.24) is 5.43 Å². The molecule has 0 saturated heterocycles. The number of amides is 1. The molecule has 0 radical (unpaired) electrons. The van der Waals surface area contributed by atoms with E-state index >= 15 is 0 Å². The molecule has 2 rings (SSSR count). The van der Waals surface area contributed by atoms with Crippen molar-refractivity contribution >= 4 is 17.5 Å². The molecule has 0 aliphatic heterocycles. The van der Waals surface area contributed by atoms with Gasteiger partial charge in [-0.25, -0.2) is 5.84 Å². The second-order valence-corrected chi connectivity index (χ2v) is 3.93. The van der Waals surface area contributed by atoms with Gasteiger partial charge in [0.05, 0.1) is 6.26 Å². The molecule has 1 heterocycles. The normalized spacial score (nSPS) is 10.1. The Morgan fingerprint density at radius 2 is 2.28 bits per heavy atom. The second kappa shape index (κ2) is 5.57. The van der Waals surface area contributed by atoms with Crippen LogP contribution in [0.2, 0.25) is 5.02 Å². The van der Waals surface area contributed by atoms with E-state index < -0.39 is 5.91 Å². The number of benzene rings is 1. The highest BCUT2D eigenvalue weighted by atomic mass is 35.5. The van der Waals surface area contributed by atoms with Crippen molar-refractivity contribution in [2.75, 3.05) is 0 Å². The third-order valence-corrected chi connectivity index (χ3v) is 2.51. The Morgan fingerprint density at radius 1 is 1.44 bits per heavy atom. The van der Waals surface area contributed by atoms with Crippen LogP contribution in [0.5, 0.6) is 5.75 Å². The van der Waals surface area contributed by atoms with Crippen LogP contribution in [-0.4, -0.2) is 5.91 Å². The van der Waals surface area contributed by atoms with Gasteiger partial charge < -0.3 is 9.15 Å². The van der Waals surface area contributed by atoms with Gasteiger partial charge in [-0.05, 0) is 24.3 Å². The average molecular weight is 267 g/mol. The van der Waals surface area contributed by atoms with Crippen LogP contribution in [0.25, 0.3) is 0 Å². The van der Waals surface area contributed by atoms with Crippen LogP contribution in [-0.2, 0) is 6.61 Å². The summed E-state index contributed by atoms with van der Waals surface area (Å²) in [5, 5.41) is 0.583. The Labute approximate surface area is 108 Å². The highest BCUT2D eigenvalue weighted by Gasteiger charge is 2.14. The standard InChI is InChI=1S/C12H11ClN2O3/c13-9-2-1-3-10(6-9)18-7-8-4-5-17-11(8)12(16)15-14/h1-6H,7,14H2,(H,15,16). The summed E-state index contributed by atoms with van der Waals surface area (Å²) in [7, 11) is 0. The van der Waals surface area contributed by atoms with E-state index in [-0.39, 0.29) is 12.4 Å². The van der Waals surface area contributed by atoms with Crippen molar-refractivity contribution in [3.63, 3.8) is 0 Å². The number of carbonyl (C=O) groups is 1. The minimum absolute atomic E-state index is 0.138. The molecule has 1 aromatic carbocycles. The number of nitrogens with two attached hydrogens (primary N) is 1. The molecule has 3 N–H and O–H groups in total. The van der Waals surface area contributed by atoms with Crippen LogP contribution < -0.4 is 16.0 Å². The lowest BCUT2D eigenvalue weighted by Gasteiger charge is -2.06. The summed E-state index contributed by atoms with van der Waals surface area (Å²) in [5.74, 6) is 5.30. The molecule has 0 aliphatic rings. The minimum atomic E-state index is -0.496. The number of halogens is 1. The number of hydrogen-bond donors (Lipinski definition) is 2. The maximum absolute atomic E-state index is 11.4. The lowest BCUT2D eigenvalue weighted by atomic mass is 10.2. The van der Waals surface area contributed by atoms with Crippen LogP contribution in [0.15, 0.2) is 41.0 Å². The van der Waals surface area contributed by atoms with E-state index in [1.807, 2.05) is 5.43 Å². The van der Waals surface area contributed by atoms with E-state index in [2.05, 4.69) is 0 Å². The highest BCUT2D eigenvalue weighted by Crippen LogP contribution is 2.19. The molecule has 1 amide bonds. The number of carbonyl (C=O) groups excluding carboxylic acids is 1. The third-order valence-electron chi connectivity index (χ3n) is 2.27. The smallest absolute Gasteiger partial charge is 0.301 e. The number of hydrazine groups is 1. The first-order valence-corrected chi connectivity index (χ1v) is 5.54. The fourth-order valence-electron chi connectivity index (χ4n) is 1.43. The molecule has 0 spiro atoms. The van der Waals surface area contributed by atoms with Crippen LogP contribution in [0.1, 0.15) is 16.1 Å². The molecule has 0 bridgehead atoms. The zero-order valence-electron chi connectivity index (χ0n) is 9.35. The van der Waals surface area contributed by atoms with E-state index in [4.69, 9.17) is 26.6 Å². The lowest BCUT2D eigenvalue weighted by molar-refractivity contribution is 0.0922. The van der Waals surface area contributed by atoms with Crippen molar-refractivity contribution in [2.24, 2.45) is 5.84 Å². The number of furan rings is 1. The van der Waals surface area contributed by atoms with Gasteiger partial charge in [0, 0.05) is 10.6 Å². The van der Waals surface area contributed by atoms with Gasteiger partial charge in [-0.2, -0.15) is 0 Å². The first kappa shape index (κ1) is 12.5. The van der Waals surface area contributed by atoms with Crippen molar-refractivity contribution in [3.05, 3.63) is 52.9 Å². The number of rotatable bonds is 4. The molecule has 0 unspecified atom stereocenters. The third kappa shape index (κ3) is 2.82. The van der Waals surface area contributed by atoms with Crippen LogP contribution >= 0.6 is 11.6 Å². The van der Waals surface area contributed by atoms with Crippen LogP contribution in [0, 0.1) is 0 Å². The highest BCUT2D eigenvalue weighted by molar-refractivity contribution is 6.30. The minimum Gasteiger partial charge on any atom is -0.489 e. The zero-order chi connectivity index (χ0) is 13.0. The Balaban J connectivity index is 2.07. The van der Waals surface area contributed by atoms with Gasteiger partial charge in [0.2, 0.25) is 0 Å². The molecule has 0 fully saturated rings. The van der Waals surface area contributed by atoms with Gasteiger partial charge in [-0.3, -0.25) is 10.2 Å². The van der Waals surface area contributed by atoms with E-state index in [1.54, 1.807) is 30.3 Å². The average Bonchev–Trinajstić information content (AvgIpc) is 2.84. The molecule has 1 aromatic heterocycles. The Morgan fingerprint density at radius 3 is 3.00 bits per heavy atom. The topological polar surface area (TPSA) is 77.5 Å². The number of hydrogen-bond acceptors (Lipinski definition) is 4. The number of nitrogens with one attached hydrogen (secondary N) is 1. The predicted molar refractivity (Wildman–Crippen MR) is 66.1 cm³/mol. The molecule has 0 atom stereocenters. The Bertz CT molecular complexity index is 554. The van der Waals surface area contributed by atoms with E-state index in [0.717, 1.165) is 0 Å². The van der Waals surface area contributed by atoms with Gasteiger partial charge in [-0.15, -0.1) is 0 Å². The number of nitrogen functional groups attached to an aromatic ring is 1. The van der Waals surface area contributed by atoms with Crippen LogP contribution in [0.4, 0.5) is 0 Å². The van der Waals surface area contributed by atoms with E-state index in [9.17, 15) is 4.79 Å². The van der Waals surface area contributed by atoms with E-state index in [0.29, 0.717) is 16.3 Å². The van der Waals surface area contributed by atoms with Gasteiger partial charge in [0.25, 0.3) is 0 Å². The van der Waals surface area contributed by atoms with Gasteiger partial charge in [-0.1, -0.05) is 17.7 Å². The largest absolute Gasteiger partial charge is 0.489 e. The molecule has 5 nitrogen and oxygen atoms in total. The first-order chi connectivity index (χ1) is 8.70. The molecular formula is C12H11ClN2O3. The molecule has 94 valence electrons. The molecule has 0 aliphatic carbocycles. The Kier molecular flexibility index (Phi) is 3.86. The van der Waals surface area contributed by atoms with Gasteiger partial charge in [0.15, 0.2) is 5.76 Å². The summed E-state index contributed by atoms with van der Waals surface area (Å²) in [6, 6.07) is 8.63.